The van der Waals surface area contributed by atoms with Crippen LogP contribution in [0.1, 0.15) is 12.0 Å². The first-order chi connectivity index (χ1) is 8.95. The minimum absolute atomic E-state index is 0.131. The molecule has 1 aromatic rings. The van der Waals surface area contributed by atoms with Gasteiger partial charge in [0.1, 0.15) is 6.42 Å². The lowest BCUT2D eigenvalue weighted by molar-refractivity contribution is -0.386. The average molecular weight is 327 g/mol. The van der Waals surface area contributed by atoms with Crippen LogP contribution in [0.4, 0.5) is 5.69 Å². The van der Waals surface area contributed by atoms with Crippen molar-refractivity contribution in [1.29, 1.82) is 5.26 Å². The smallest absolute Gasteiger partial charge is 0.312 e. The molecule has 0 saturated carbocycles. The van der Waals surface area contributed by atoms with Gasteiger partial charge in [0.15, 0.2) is 0 Å². The van der Waals surface area contributed by atoms with Crippen molar-refractivity contribution in [3.63, 3.8) is 0 Å². The highest BCUT2D eigenvalue weighted by Crippen LogP contribution is 2.34. The number of nitriles is 1. The molecule has 0 radical (unpaired) electrons. The molecule has 0 aliphatic carbocycles. The maximum Gasteiger partial charge on any atom is 0.312 e. The van der Waals surface area contributed by atoms with Gasteiger partial charge in [-0.05, 0) is 22.0 Å². The lowest BCUT2D eigenvalue weighted by atomic mass is 10.2. The number of nitrogens with zero attached hydrogens (tertiary/aromatic N) is 3. The second-order valence-electron chi connectivity index (χ2n) is 3.26. The van der Waals surface area contributed by atoms with E-state index in [0.29, 0.717) is 5.56 Å². The number of benzene rings is 1. The fourth-order valence-corrected chi connectivity index (χ4v) is 1.58. The summed E-state index contributed by atoms with van der Waals surface area (Å²) < 4.78 is 0.131. The fourth-order valence-electron chi connectivity index (χ4n) is 1.11. The van der Waals surface area contributed by atoms with Crippen LogP contribution < -0.4 is 5.43 Å². The SMILES string of the molecule is N#CCC(=O)NN=Cc1cc(Br)c(O)c([N+](=O)[O-])c1. The molecule has 0 fully saturated rings. The number of nitro benzene ring substituents is 1. The molecule has 1 rings (SSSR count). The van der Waals surface area contributed by atoms with Crippen molar-refractivity contribution in [2.24, 2.45) is 5.10 Å². The predicted molar refractivity (Wildman–Crippen MR) is 68.4 cm³/mol. The molecule has 2 N–H and O–H groups in total. The Kier molecular flexibility index (Phi) is 4.96. The van der Waals surface area contributed by atoms with Gasteiger partial charge < -0.3 is 5.11 Å². The number of phenols is 1. The van der Waals surface area contributed by atoms with Gasteiger partial charge in [-0.15, -0.1) is 0 Å². The maximum absolute atomic E-state index is 10.9. The molecule has 1 aromatic carbocycles. The molecule has 8 nitrogen and oxygen atoms in total. The number of phenolic OH excluding ortho intramolecular Hbond substituents is 1. The number of amides is 1. The molecule has 0 spiro atoms. The first-order valence-electron chi connectivity index (χ1n) is 4.81. The molecule has 0 aliphatic heterocycles. The zero-order valence-corrected chi connectivity index (χ0v) is 10.9. The van der Waals surface area contributed by atoms with Gasteiger partial charge in [0.2, 0.25) is 5.75 Å². The Morgan fingerprint density at radius 1 is 1.68 bits per heavy atom. The number of carbonyl (C=O) groups is 1. The average Bonchev–Trinajstić information content (AvgIpc) is 2.33. The molecular formula is C10H7BrN4O4. The molecule has 1 amide bonds. The van der Waals surface area contributed by atoms with Crippen LogP contribution >= 0.6 is 15.9 Å². The Hall–Kier alpha value is -2.47. The first kappa shape index (κ1) is 14.6. The standard InChI is InChI=1S/C10H7BrN4O4/c11-7-3-6(4-8(10(7)17)15(18)19)5-13-14-9(16)1-2-12/h3-5,17H,1H2,(H,14,16). The van der Waals surface area contributed by atoms with Crippen LogP contribution in [0.5, 0.6) is 5.75 Å². The molecule has 9 heteroatoms. The molecule has 0 saturated heterocycles. The van der Waals surface area contributed by atoms with Gasteiger partial charge in [0.05, 0.1) is 21.7 Å². The summed E-state index contributed by atoms with van der Waals surface area (Å²) in [6.07, 6.45) is 0.823. The quantitative estimate of drug-likeness (QED) is 0.491. The predicted octanol–water partition coefficient (Wildman–Crippen LogP) is 1.43. The highest BCUT2D eigenvalue weighted by atomic mass is 79.9. The first-order valence-corrected chi connectivity index (χ1v) is 5.60. The molecular weight excluding hydrogens is 320 g/mol. The summed E-state index contributed by atoms with van der Waals surface area (Å²) in [4.78, 5) is 20.8. The molecule has 0 aromatic heterocycles. The second-order valence-corrected chi connectivity index (χ2v) is 4.11. The Morgan fingerprint density at radius 2 is 2.37 bits per heavy atom. The van der Waals surface area contributed by atoms with E-state index >= 15 is 0 Å². The minimum Gasteiger partial charge on any atom is -0.501 e. The zero-order chi connectivity index (χ0) is 14.4. The Bertz CT molecular complexity index is 594. The van der Waals surface area contributed by atoms with Crippen LogP contribution in [0.25, 0.3) is 0 Å². The van der Waals surface area contributed by atoms with Crippen molar-refractivity contribution >= 4 is 33.7 Å². The van der Waals surface area contributed by atoms with Crippen molar-refractivity contribution < 1.29 is 14.8 Å². The Labute approximate surface area is 115 Å². The van der Waals surface area contributed by atoms with Crippen LogP contribution in [0.2, 0.25) is 0 Å². The fraction of sp³-hybridized carbons (Fsp3) is 0.100. The lowest BCUT2D eigenvalue weighted by Gasteiger charge is -2.00. The highest BCUT2D eigenvalue weighted by Gasteiger charge is 2.17. The molecule has 0 bridgehead atoms. The van der Waals surface area contributed by atoms with E-state index in [4.69, 9.17) is 5.26 Å². The van der Waals surface area contributed by atoms with Crippen molar-refractivity contribution in [1.82, 2.24) is 5.43 Å². The largest absolute Gasteiger partial charge is 0.501 e. The van der Waals surface area contributed by atoms with Crippen LogP contribution in [0.3, 0.4) is 0 Å². The summed E-state index contributed by atoms with van der Waals surface area (Å²) in [5, 5.41) is 31.9. The molecule has 0 unspecified atom stereocenters. The van der Waals surface area contributed by atoms with Crippen LogP contribution in [0.15, 0.2) is 21.7 Å². The van der Waals surface area contributed by atoms with Crippen molar-refractivity contribution in [3.8, 4) is 11.8 Å². The van der Waals surface area contributed by atoms with Crippen LogP contribution in [-0.4, -0.2) is 22.2 Å². The van der Waals surface area contributed by atoms with Crippen molar-refractivity contribution in [2.45, 2.75) is 6.42 Å². The van der Waals surface area contributed by atoms with E-state index in [2.05, 4.69) is 26.5 Å². The van der Waals surface area contributed by atoms with Gasteiger partial charge in [-0.2, -0.15) is 10.4 Å². The number of nitrogens with one attached hydrogen (secondary N) is 1. The van der Waals surface area contributed by atoms with Gasteiger partial charge >= 0.3 is 5.69 Å². The van der Waals surface area contributed by atoms with E-state index in [1.54, 1.807) is 6.07 Å². The normalized spacial score (nSPS) is 10.1. The summed E-state index contributed by atoms with van der Waals surface area (Å²) in [5.74, 6) is -1.08. The highest BCUT2D eigenvalue weighted by molar-refractivity contribution is 9.10. The number of rotatable bonds is 4. The summed E-state index contributed by atoms with van der Waals surface area (Å²) in [6, 6.07) is 4.13. The number of aromatic hydroxyl groups is 1. The second kappa shape index (κ2) is 6.46. The van der Waals surface area contributed by atoms with Gasteiger partial charge in [-0.25, -0.2) is 5.43 Å². The van der Waals surface area contributed by atoms with E-state index in [9.17, 15) is 20.0 Å². The Morgan fingerprint density at radius 3 is 2.95 bits per heavy atom. The van der Waals surface area contributed by atoms with E-state index in [1.807, 2.05) is 0 Å². The summed E-state index contributed by atoms with van der Waals surface area (Å²) in [7, 11) is 0. The number of nitro groups is 1. The topological polar surface area (TPSA) is 129 Å². The molecule has 0 aliphatic rings. The summed E-state index contributed by atoms with van der Waals surface area (Å²) in [5.41, 5.74) is 1.89. The number of hydrogen-bond donors (Lipinski definition) is 2. The molecule has 98 valence electrons. The summed E-state index contributed by atoms with van der Waals surface area (Å²) >= 11 is 2.96. The van der Waals surface area contributed by atoms with Crippen LogP contribution in [-0.2, 0) is 4.79 Å². The number of hydrogen-bond acceptors (Lipinski definition) is 6. The van der Waals surface area contributed by atoms with Gasteiger partial charge in [-0.1, -0.05) is 0 Å². The lowest BCUT2D eigenvalue weighted by Crippen LogP contribution is -2.16. The monoisotopic (exact) mass is 326 g/mol. The molecule has 0 heterocycles. The van der Waals surface area contributed by atoms with E-state index in [-0.39, 0.29) is 10.9 Å². The van der Waals surface area contributed by atoms with E-state index in [0.717, 1.165) is 12.3 Å². The Balaban J connectivity index is 2.91. The zero-order valence-electron chi connectivity index (χ0n) is 9.33. The van der Waals surface area contributed by atoms with E-state index in [1.165, 1.54) is 6.07 Å². The van der Waals surface area contributed by atoms with Gasteiger partial charge in [0, 0.05) is 11.6 Å². The number of carbonyl (C=O) groups excluding carboxylic acids is 1. The maximum atomic E-state index is 10.9. The molecule has 19 heavy (non-hydrogen) atoms. The molecule has 0 atom stereocenters. The van der Waals surface area contributed by atoms with Gasteiger partial charge in [0.25, 0.3) is 5.91 Å². The van der Waals surface area contributed by atoms with Crippen molar-refractivity contribution in [2.75, 3.05) is 0 Å². The van der Waals surface area contributed by atoms with Crippen LogP contribution in [0, 0.1) is 21.4 Å². The number of hydrazone groups is 1. The third-order valence-corrected chi connectivity index (χ3v) is 2.51. The third-order valence-electron chi connectivity index (χ3n) is 1.90. The van der Waals surface area contributed by atoms with Gasteiger partial charge in [-0.3, -0.25) is 14.9 Å². The minimum atomic E-state index is -0.744. The van der Waals surface area contributed by atoms with E-state index < -0.39 is 22.3 Å². The number of halogens is 1. The third kappa shape index (κ3) is 4.04. The summed E-state index contributed by atoms with van der Waals surface area (Å²) in [6.45, 7) is 0. The van der Waals surface area contributed by atoms with Crippen molar-refractivity contribution in [3.05, 3.63) is 32.3 Å².